The van der Waals surface area contributed by atoms with E-state index in [1.807, 2.05) is 17.8 Å². The highest BCUT2D eigenvalue weighted by Gasteiger charge is 2.33. The quantitative estimate of drug-likeness (QED) is 0.538. The van der Waals surface area contributed by atoms with E-state index in [1.54, 1.807) is 11.3 Å². The van der Waals surface area contributed by atoms with Crippen LogP contribution >= 0.6 is 11.3 Å². The molecule has 2 aromatic heterocycles. The van der Waals surface area contributed by atoms with Crippen LogP contribution in [0.2, 0.25) is 0 Å². The van der Waals surface area contributed by atoms with Crippen molar-refractivity contribution in [3.8, 4) is 0 Å². The number of nitrogens with zero attached hydrogens (tertiary/aromatic N) is 2. The van der Waals surface area contributed by atoms with Crippen LogP contribution in [0.15, 0.2) is 28.8 Å². The smallest absolute Gasteiger partial charge is 0.210 e. The average molecular weight is 279 g/mol. The summed E-state index contributed by atoms with van der Waals surface area (Å²) in [6.07, 6.45) is 2.85. The first kappa shape index (κ1) is 10.5. The number of hydrogen-bond donors (Lipinski definition) is 1. The highest BCUT2D eigenvalue weighted by Crippen LogP contribution is 2.34. The summed E-state index contributed by atoms with van der Waals surface area (Å²) in [5.41, 5.74) is 8.23. The number of ketones is 1. The predicted octanol–water partition coefficient (Wildman–Crippen LogP) is 2.56. The van der Waals surface area contributed by atoms with Gasteiger partial charge in [-0.15, -0.1) is 11.3 Å². The Balaban J connectivity index is 1.93. The number of carbonyl (C=O) groups is 1. The topological polar surface area (TPSA) is 58.1 Å². The molecule has 0 fully saturated rings. The standard InChI is InChI=1S/C15H9N3OS/c19-15-9-3-10-11(20-6-18-10)4-8(9)13-12-7(1-2-16-13)5-17-14(12)15/h3-6,17H,1-2H2. The molecule has 1 aliphatic heterocycles. The molecular formula is C15H9N3OS. The second kappa shape index (κ2) is 3.43. The highest BCUT2D eigenvalue weighted by atomic mass is 32.1. The van der Waals surface area contributed by atoms with Crippen molar-refractivity contribution in [1.29, 1.82) is 0 Å². The zero-order valence-electron chi connectivity index (χ0n) is 10.4. The van der Waals surface area contributed by atoms with Gasteiger partial charge in [0.2, 0.25) is 5.78 Å². The van der Waals surface area contributed by atoms with E-state index in [-0.39, 0.29) is 5.78 Å². The van der Waals surface area contributed by atoms with Gasteiger partial charge >= 0.3 is 0 Å². The van der Waals surface area contributed by atoms with Crippen LogP contribution < -0.4 is 0 Å². The third-order valence-electron chi connectivity index (χ3n) is 4.05. The molecule has 0 atom stereocenters. The van der Waals surface area contributed by atoms with Gasteiger partial charge in [-0.3, -0.25) is 9.79 Å². The summed E-state index contributed by atoms with van der Waals surface area (Å²) in [6, 6.07) is 3.95. The molecule has 0 radical (unpaired) electrons. The fourth-order valence-electron chi connectivity index (χ4n) is 3.12. The van der Waals surface area contributed by atoms with E-state index >= 15 is 0 Å². The molecule has 2 aliphatic rings. The molecule has 1 N–H and O–H groups in total. The molecule has 4 nitrogen and oxygen atoms in total. The summed E-state index contributed by atoms with van der Waals surface area (Å²) in [5, 5.41) is 0. The molecule has 0 bridgehead atoms. The van der Waals surface area contributed by atoms with Crippen molar-refractivity contribution < 1.29 is 4.79 Å². The Morgan fingerprint density at radius 2 is 2.20 bits per heavy atom. The molecular weight excluding hydrogens is 270 g/mol. The summed E-state index contributed by atoms with van der Waals surface area (Å²) in [6.45, 7) is 0.786. The largest absolute Gasteiger partial charge is 0.358 e. The van der Waals surface area contributed by atoms with Crippen molar-refractivity contribution in [3.63, 3.8) is 0 Å². The molecule has 96 valence electrons. The van der Waals surface area contributed by atoms with Crippen molar-refractivity contribution in [2.75, 3.05) is 6.54 Å². The maximum atomic E-state index is 12.7. The third-order valence-corrected chi connectivity index (χ3v) is 4.84. The molecule has 20 heavy (non-hydrogen) atoms. The number of aromatic amines is 1. The van der Waals surface area contributed by atoms with E-state index < -0.39 is 0 Å². The highest BCUT2D eigenvalue weighted by molar-refractivity contribution is 7.16. The molecule has 1 aromatic carbocycles. The van der Waals surface area contributed by atoms with Crippen LogP contribution in [0.3, 0.4) is 0 Å². The summed E-state index contributed by atoms with van der Waals surface area (Å²) in [7, 11) is 0. The lowest BCUT2D eigenvalue weighted by Crippen LogP contribution is -2.24. The van der Waals surface area contributed by atoms with Crippen LogP contribution in [0.25, 0.3) is 10.2 Å². The van der Waals surface area contributed by atoms with Crippen LogP contribution in [0, 0.1) is 0 Å². The minimum absolute atomic E-state index is 0.0528. The summed E-state index contributed by atoms with van der Waals surface area (Å²) < 4.78 is 1.10. The molecule has 5 rings (SSSR count). The van der Waals surface area contributed by atoms with Gasteiger partial charge in [-0.2, -0.15) is 0 Å². The SMILES string of the molecule is O=C1c2cc3ncsc3cc2C2=NCCc3c[nH]c1c32. The number of thiazole rings is 1. The molecule has 0 spiro atoms. The van der Waals surface area contributed by atoms with Crippen molar-refractivity contribution in [3.05, 3.63) is 51.8 Å². The molecule has 1 aliphatic carbocycles. The van der Waals surface area contributed by atoms with Crippen molar-refractivity contribution in [2.24, 2.45) is 4.99 Å². The predicted molar refractivity (Wildman–Crippen MR) is 78.1 cm³/mol. The fourth-order valence-corrected chi connectivity index (χ4v) is 3.82. The van der Waals surface area contributed by atoms with Gasteiger partial charge in [0, 0.05) is 29.4 Å². The second-order valence-electron chi connectivity index (χ2n) is 5.09. The Bertz CT molecular complexity index is 932. The number of rotatable bonds is 0. The van der Waals surface area contributed by atoms with Crippen molar-refractivity contribution >= 4 is 33.0 Å². The Kier molecular flexibility index (Phi) is 1.80. The van der Waals surface area contributed by atoms with Gasteiger partial charge in [0.25, 0.3) is 0 Å². The van der Waals surface area contributed by atoms with Crippen LogP contribution in [0.4, 0.5) is 0 Å². The lowest BCUT2D eigenvalue weighted by molar-refractivity contribution is 0.103. The van der Waals surface area contributed by atoms with Crippen molar-refractivity contribution in [1.82, 2.24) is 9.97 Å². The van der Waals surface area contributed by atoms with Gasteiger partial charge < -0.3 is 4.98 Å². The molecule has 0 saturated heterocycles. The first-order valence-electron chi connectivity index (χ1n) is 6.50. The Labute approximate surface area is 118 Å². The molecule has 0 saturated carbocycles. The summed E-state index contributed by atoms with van der Waals surface area (Å²) >= 11 is 1.59. The first-order valence-corrected chi connectivity index (χ1v) is 7.38. The number of fused-ring (bicyclic) bond motifs is 3. The zero-order chi connectivity index (χ0) is 13.3. The number of hydrogen-bond acceptors (Lipinski definition) is 4. The Morgan fingerprint density at radius 3 is 3.15 bits per heavy atom. The number of benzene rings is 1. The number of H-pyrrole nitrogens is 1. The lowest BCUT2D eigenvalue weighted by Gasteiger charge is -2.21. The number of carbonyl (C=O) groups excluding carboxylic acids is 1. The zero-order valence-corrected chi connectivity index (χ0v) is 11.3. The van der Waals surface area contributed by atoms with E-state index in [9.17, 15) is 4.79 Å². The van der Waals surface area contributed by atoms with Gasteiger partial charge in [0.05, 0.1) is 27.1 Å². The minimum Gasteiger partial charge on any atom is -0.358 e. The number of nitrogens with one attached hydrogen (secondary N) is 1. The van der Waals surface area contributed by atoms with E-state index in [0.29, 0.717) is 11.3 Å². The molecule has 3 heterocycles. The van der Waals surface area contributed by atoms with E-state index in [1.165, 1.54) is 5.56 Å². The fraction of sp³-hybridized carbons (Fsp3) is 0.133. The number of aromatic nitrogens is 2. The van der Waals surface area contributed by atoms with E-state index in [0.717, 1.165) is 40.0 Å². The van der Waals surface area contributed by atoms with Gasteiger partial charge in [0.1, 0.15) is 0 Å². The van der Waals surface area contributed by atoms with Gasteiger partial charge in [-0.25, -0.2) is 4.98 Å². The monoisotopic (exact) mass is 279 g/mol. The van der Waals surface area contributed by atoms with Gasteiger partial charge in [0.15, 0.2) is 0 Å². The molecule has 5 heteroatoms. The van der Waals surface area contributed by atoms with Crippen LogP contribution in [-0.2, 0) is 6.42 Å². The summed E-state index contributed by atoms with van der Waals surface area (Å²) in [5.74, 6) is 0.0528. The average Bonchev–Trinajstić information content (AvgIpc) is 3.10. The third kappa shape index (κ3) is 1.14. The number of aliphatic imine (C=N–C) groups is 1. The lowest BCUT2D eigenvalue weighted by atomic mass is 9.84. The normalized spacial score (nSPS) is 16.0. The van der Waals surface area contributed by atoms with E-state index in [4.69, 9.17) is 0 Å². The molecule has 0 unspecified atom stereocenters. The second-order valence-corrected chi connectivity index (χ2v) is 5.98. The maximum absolute atomic E-state index is 12.7. The van der Waals surface area contributed by atoms with Crippen LogP contribution in [-0.4, -0.2) is 28.0 Å². The Morgan fingerprint density at radius 1 is 1.25 bits per heavy atom. The summed E-state index contributed by atoms with van der Waals surface area (Å²) in [4.78, 5) is 24.8. The maximum Gasteiger partial charge on any atom is 0.210 e. The van der Waals surface area contributed by atoms with E-state index in [2.05, 4.69) is 21.0 Å². The Hall–Kier alpha value is -2.27. The molecule has 0 amide bonds. The first-order chi connectivity index (χ1) is 9.83. The van der Waals surface area contributed by atoms with Crippen LogP contribution in [0.5, 0.6) is 0 Å². The van der Waals surface area contributed by atoms with Gasteiger partial charge in [-0.05, 0) is 24.1 Å². The minimum atomic E-state index is 0.0528. The van der Waals surface area contributed by atoms with Crippen molar-refractivity contribution in [2.45, 2.75) is 6.42 Å². The van der Waals surface area contributed by atoms with Crippen LogP contribution in [0.1, 0.15) is 32.7 Å². The van der Waals surface area contributed by atoms with Gasteiger partial charge in [-0.1, -0.05) is 0 Å². The molecule has 3 aromatic rings.